The normalized spacial score (nSPS) is 14.8. The second-order valence-corrected chi connectivity index (χ2v) is 7.00. The van der Waals surface area contributed by atoms with Gasteiger partial charge in [0.1, 0.15) is 17.1 Å². The minimum Gasteiger partial charge on any atom is -0.346 e. The molecule has 2 N–H and O–H groups in total. The molecule has 2 aromatic rings. The number of carbonyl (C=O) groups is 1. The first-order chi connectivity index (χ1) is 13.7. The Kier molecular flexibility index (Phi) is 7.59. The summed E-state index contributed by atoms with van der Waals surface area (Å²) in [4.78, 5) is 33.6. The lowest BCUT2D eigenvalue weighted by Gasteiger charge is -2.24. The number of aryl methyl sites for hydroxylation is 1. The minimum absolute atomic E-state index is 0. The van der Waals surface area contributed by atoms with Crippen molar-refractivity contribution in [2.24, 2.45) is 7.05 Å². The van der Waals surface area contributed by atoms with Crippen LogP contribution in [0.3, 0.4) is 0 Å². The van der Waals surface area contributed by atoms with Crippen LogP contribution >= 0.6 is 12.4 Å². The maximum atomic E-state index is 12.8. The van der Waals surface area contributed by atoms with Crippen LogP contribution in [0, 0.1) is 6.92 Å². The molecule has 3 rings (SSSR count). The van der Waals surface area contributed by atoms with Crippen molar-refractivity contribution in [3.05, 3.63) is 57.0 Å². The Bertz CT molecular complexity index is 972. The van der Waals surface area contributed by atoms with Crippen LogP contribution in [0.5, 0.6) is 0 Å². The van der Waals surface area contributed by atoms with Crippen molar-refractivity contribution in [1.29, 1.82) is 0 Å². The molecule has 2 aromatic heterocycles. The first kappa shape index (κ1) is 23.8. The summed E-state index contributed by atoms with van der Waals surface area (Å²) >= 11 is 0. The highest BCUT2D eigenvalue weighted by Crippen LogP contribution is 2.27. The van der Waals surface area contributed by atoms with E-state index in [0.29, 0.717) is 11.5 Å². The summed E-state index contributed by atoms with van der Waals surface area (Å²) in [5, 5.41) is 5.75. The quantitative estimate of drug-likeness (QED) is 0.754. The third-order valence-corrected chi connectivity index (χ3v) is 5.02. The Balaban J connectivity index is 0.00000320. The number of nitrogens with one attached hydrogen (secondary N) is 2. The van der Waals surface area contributed by atoms with Crippen molar-refractivity contribution >= 4 is 18.3 Å². The summed E-state index contributed by atoms with van der Waals surface area (Å²) in [5.74, 6) is -0.193. The van der Waals surface area contributed by atoms with E-state index in [1.807, 2.05) is 0 Å². The zero-order chi connectivity index (χ0) is 21.2. The molecule has 1 amide bonds. The molecule has 0 bridgehead atoms. The Morgan fingerprint density at radius 2 is 1.93 bits per heavy atom. The summed E-state index contributed by atoms with van der Waals surface area (Å²) in [6, 6.07) is 3.47. The maximum Gasteiger partial charge on any atom is 0.433 e. The van der Waals surface area contributed by atoms with E-state index in [4.69, 9.17) is 0 Å². The number of carbonyl (C=O) groups excluding carboxylic acids is 1. The third kappa shape index (κ3) is 5.17. The second kappa shape index (κ2) is 9.57. The van der Waals surface area contributed by atoms with E-state index >= 15 is 0 Å². The predicted octanol–water partition coefficient (Wildman–Crippen LogP) is 2.32. The van der Waals surface area contributed by atoms with Gasteiger partial charge in [-0.15, -0.1) is 12.4 Å². The van der Waals surface area contributed by atoms with Gasteiger partial charge in [-0.1, -0.05) is 6.07 Å². The van der Waals surface area contributed by atoms with Gasteiger partial charge in [0.05, 0.1) is 17.9 Å². The number of rotatable bonds is 4. The zero-order valence-corrected chi connectivity index (χ0v) is 17.4. The lowest BCUT2D eigenvalue weighted by molar-refractivity contribution is -0.141. The number of aromatic nitrogens is 3. The Hall–Kier alpha value is -2.46. The standard InChI is InChI=1S/C19H22F3N5O2.ClH/c1-11-25-16(12-6-8-23-9-7-12)15(18(29)27(11)2)17(28)24-10-13-4-3-5-14(26-13)19(20,21)22;/h3-5,12,23H,6-10H2,1-2H3,(H,24,28);1H. The first-order valence-corrected chi connectivity index (χ1v) is 9.28. The van der Waals surface area contributed by atoms with Gasteiger partial charge in [-0.2, -0.15) is 13.2 Å². The van der Waals surface area contributed by atoms with Gasteiger partial charge in [-0.3, -0.25) is 14.2 Å². The van der Waals surface area contributed by atoms with E-state index < -0.39 is 23.3 Å². The first-order valence-electron chi connectivity index (χ1n) is 9.28. The van der Waals surface area contributed by atoms with Crippen LogP contribution in [0.2, 0.25) is 0 Å². The number of nitrogens with zero attached hydrogens (tertiary/aromatic N) is 3. The molecule has 0 unspecified atom stereocenters. The summed E-state index contributed by atoms with van der Waals surface area (Å²) < 4.78 is 39.7. The van der Waals surface area contributed by atoms with Crippen LogP contribution in [-0.4, -0.2) is 33.5 Å². The smallest absolute Gasteiger partial charge is 0.346 e. The predicted molar refractivity (Wildman–Crippen MR) is 107 cm³/mol. The number of amides is 1. The number of pyridine rings is 1. The van der Waals surface area contributed by atoms with Crippen LogP contribution in [0.4, 0.5) is 13.2 Å². The Morgan fingerprint density at radius 1 is 1.27 bits per heavy atom. The van der Waals surface area contributed by atoms with Gasteiger partial charge in [0.2, 0.25) is 0 Å². The van der Waals surface area contributed by atoms with Crippen molar-refractivity contribution in [3.63, 3.8) is 0 Å². The lowest BCUT2D eigenvalue weighted by Crippen LogP contribution is -2.37. The number of hydrogen-bond donors (Lipinski definition) is 2. The number of alkyl halides is 3. The van der Waals surface area contributed by atoms with Crippen molar-refractivity contribution in [2.45, 2.75) is 38.4 Å². The van der Waals surface area contributed by atoms with Crippen molar-refractivity contribution in [1.82, 2.24) is 25.2 Å². The summed E-state index contributed by atoms with van der Waals surface area (Å²) in [7, 11) is 1.53. The fourth-order valence-corrected chi connectivity index (χ4v) is 3.33. The monoisotopic (exact) mass is 445 g/mol. The zero-order valence-electron chi connectivity index (χ0n) is 16.5. The van der Waals surface area contributed by atoms with Crippen LogP contribution in [0.15, 0.2) is 23.0 Å². The van der Waals surface area contributed by atoms with E-state index in [2.05, 4.69) is 20.6 Å². The van der Waals surface area contributed by atoms with Gasteiger partial charge in [-0.25, -0.2) is 9.97 Å². The number of hydrogen-bond acceptors (Lipinski definition) is 5. The van der Waals surface area contributed by atoms with Crippen molar-refractivity contribution in [3.8, 4) is 0 Å². The number of halogens is 4. The average Bonchev–Trinajstić information content (AvgIpc) is 2.70. The minimum atomic E-state index is -4.57. The van der Waals surface area contributed by atoms with Crippen molar-refractivity contribution < 1.29 is 18.0 Å². The van der Waals surface area contributed by atoms with Gasteiger partial charge in [0, 0.05) is 13.0 Å². The summed E-state index contributed by atoms with van der Waals surface area (Å²) in [6.07, 6.45) is -3.08. The molecule has 1 fully saturated rings. The molecular weight excluding hydrogens is 423 g/mol. The molecule has 1 aliphatic rings. The van der Waals surface area contributed by atoms with Crippen LogP contribution < -0.4 is 16.2 Å². The number of piperidine rings is 1. The molecular formula is C19H23ClF3N5O2. The topological polar surface area (TPSA) is 88.9 Å². The van der Waals surface area contributed by atoms with Gasteiger partial charge in [-0.05, 0) is 45.0 Å². The molecule has 11 heteroatoms. The van der Waals surface area contributed by atoms with E-state index in [9.17, 15) is 22.8 Å². The van der Waals surface area contributed by atoms with Crippen LogP contribution in [0.25, 0.3) is 0 Å². The van der Waals surface area contributed by atoms with Gasteiger partial charge < -0.3 is 10.6 Å². The summed E-state index contributed by atoms with van der Waals surface area (Å²) in [6.45, 7) is 2.98. The molecule has 1 aliphatic heterocycles. The highest BCUT2D eigenvalue weighted by atomic mass is 35.5. The molecule has 3 heterocycles. The lowest BCUT2D eigenvalue weighted by atomic mass is 9.91. The van der Waals surface area contributed by atoms with E-state index in [0.717, 1.165) is 32.0 Å². The van der Waals surface area contributed by atoms with Gasteiger partial charge in [0.15, 0.2) is 0 Å². The van der Waals surface area contributed by atoms with E-state index in [1.165, 1.54) is 23.7 Å². The SMILES string of the molecule is Cc1nc(C2CCNCC2)c(C(=O)NCc2cccc(C(F)(F)F)n2)c(=O)n1C.Cl. The molecule has 0 saturated carbocycles. The third-order valence-electron chi connectivity index (χ3n) is 5.02. The van der Waals surface area contributed by atoms with Gasteiger partial charge >= 0.3 is 6.18 Å². The molecule has 0 aliphatic carbocycles. The molecule has 0 spiro atoms. The Morgan fingerprint density at radius 3 is 2.57 bits per heavy atom. The maximum absolute atomic E-state index is 12.8. The molecule has 0 aromatic carbocycles. The Labute approximate surface area is 177 Å². The average molecular weight is 446 g/mol. The summed E-state index contributed by atoms with van der Waals surface area (Å²) in [5.41, 5.74) is -1.07. The fourth-order valence-electron chi connectivity index (χ4n) is 3.33. The van der Waals surface area contributed by atoms with E-state index in [-0.39, 0.29) is 36.1 Å². The molecule has 1 saturated heterocycles. The fraction of sp³-hybridized carbons (Fsp3) is 0.474. The van der Waals surface area contributed by atoms with Crippen LogP contribution in [0.1, 0.15) is 52.0 Å². The second-order valence-electron chi connectivity index (χ2n) is 7.00. The van der Waals surface area contributed by atoms with Crippen molar-refractivity contribution in [2.75, 3.05) is 13.1 Å². The van der Waals surface area contributed by atoms with Crippen LogP contribution in [-0.2, 0) is 19.8 Å². The highest BCUT2D eigenvalue weighted by molar-refractivity contribution is 5.95. The molecule has 164 valence electrons. The van der Waals surface area contributed by atoms with E-state index in [1.54, 1.807) is 6.92 Å². The molecule has 0 atom stereocenters. The highest BCUT2D eigenvalue weighted by Gasteiger charge is 2.32. The molecule has 30 heavy (non-hydrogen) atoms. The molecule has 0 radical (unpaired) electrons. The molecule has 7 nitrogen and oxygen atoms in total. The largest absolute Gasteiger partial charge is 0.433 e. The van der Waals surface area contributed by atoms with Gasteiger partial charge in [0.25, 0.3) is 11.5 Å².